The summed E-state index contributed by atoms with van der Waals surface area (Å²) in [4.78, 5) is 16.5. The van der Waals surface area contributed by atoms with Crippen LogP contribution >= 0.6 is 0 Å². The van der Waals surface area contributed by atoms with Crippen LogP contribution in [0.5, 0.6) is 0 Å². The summed E-state index contributed by atoms with van der Waals surface area (Å²) in [6.07, 6.45) is 2.82. The Morgan fingerprint density at radius 1 is 1.30 bits per heavy atom. The second-order valence-corrected chi connectivity index (χ2v) is 4.24. The van der Waals surface area contributed by atoms with Gasteiger partial charge in [-0.05, 0) is 18.2 Å². The van der Waals surface area contributed by atoms with E-state index in [2.05, 4.69) is 20.3 Å². The van der Waals surface area contributed by atoms with Crippen LogP contribution in [-0.2, 0) is 0 Å². The topological polar surface area (TPSA) is 80.9 Å². The molecular weight excluding hydrogens is 263 g/mol. The minimum absolute atomic E-state index is 0.289. The van der Waals surface area contributed by atoms with Crippen molar-refractivity contribution in [3.63, 3.8) is 0 Å². The van der Waals surface area contributed by atoms with E-state index in [0.717, 1.165) is 4.52 Å². The van der Waals surface area contributed by atoms with Gasteiger partial charge in [-0.15, -0.1) is 0 Å². The molecule has 20 heavy (non-hydrogen) atoms. The Morgan fingerprint density at radius 3 is 3.05 bits per heavy atom. The third-order valence-corrected chi connectivity index (χ3v) is 3.03. The number of fused-ring (bicyclic) bond motifs is 2. The van der Waals surface area contributed by atoms with E-state index < -0.39 is 0 Å². The number of nitrogens with zero attached hydrogens (tertiary/aromatic N) is 5. The Labute approximate surface area is 110 Å². The van der Waals surface area contributed by atoms with Crippen LogP contribution in [0.3, 0.4) is 0 Å². The zero-order chi connectivity index (χ0) is 13.7. The summed E-state index contributed by atoms with van der Waals surface area (Å²) >= 11 is 0. The van der Waals surface area contributed by atoms with Gasteiger partial charge in [-0.25, -0.2) is 4.39 Å². The molecule has 0 bridgehead atoms. The zero-order valence-corrected chi connectivity index (χ0v) is 9.99. The smallest absolute Gasteiger partial charge is 0.267 e. The van der Waals surface area contributed by atoms with Crippen molar-refractivity contribution in [2.75, 3.05) is 0 Å². The summed E-state index contributed by atoms with van der Waals surface area (Å²) in [6.45, 7) is 0. The minimum atomic E-state index is -0.376. The number of rotatable bonds is 1. The molecule has 0 saturated heterocycles. The van der Waals surface area contributed by atoms with Gasteiger partial charge in [0.1, 0.15) is 17.5 Å². The highest BCUT2D eigenvalue weighted by Gasteiger charge is 2.12. The summed E-state index contributed by atoms with van der Waals surface area (Å²) in [5.41, 5.74) is 0.577. The number of halogens is 1. The maximum atomic E-state index is 13.3. The molecule has 0 amide bonds. The van der Waals surface area contributed by atoms with Crippen molar-refractivity contribution in [3.8, 4) is 5.69 Å². The molecular formula is C12H7FN6O. The first-order valence-corrected chi connectivity index (χ1v) is 5.79. The van der Waals surface area contributed by atoms with Gasteiger partial charge in [0.15, 0.2) is 5.65 Å². The predicted molar refractivity (Wildman–Crippen MR) is 68.2 cm³/mol. The van der Waals surface area contributed by atoms with Gasteiger partial charge in [-0.2, -0.15) is 19.7 Å². The lowest BCUT2D eigenvalue weighted by Gasteiger charge is -2.02. The standard InChI is InChI=1S/C12H7FN6O/c13-7-2-1-3-8(4-7)18-6-15-19-11(20)9-5-14-17-10(9)16-12(18)19/h1-6H,(H,14,17). The Balaban J connectivity index is 2.11. The van der Waals surface area contributed by atoms with Gasteiger partial charge in [-0.3, -0.25) is 14.5 Å². The van der Waals surface area contributed by atoms with Crippen molar-refractivity contribution in [2.24, 2.45) is 0 Å². The fourth-order valence-electron chi connectivity index (χ4n) is 2.10. The van der Waals surface area contributed by atoms with E-state index >= 15 is 0 Å². The molecule has 0 fully saturated rings. The minimum Gasteiger partial charge on any atom is -0.267 e. The lowest BCUT2D eigenvalue weighted by atomic mass is 10.3. The normalized spacial score (nSPS) is 11.4. The van der Waals surface area contributed by atoms with Crippen LogP contribution in [0.1, 0.15) is 0 Å². The van der Waals surface area contributed by atoms with E-state index in [1.54, 1.807) is 12.1 Å². The highest BCUT2D eigenvalue weighted by Crippen LogP contribution is 2.13. The summed E-state index contributed by atoms with van der Waals surface area (Å²) < 4.78 is 16.0. The monoisotopic (exact) mass is 270 g/mol. The largest absolute Gasteiger partial charge is 0.286 e. The van der Waals surface area contributed by atoms with Crippen molar-refractivity contribution in [3.05, 3.63) is 53.0 Å². The Hall–Kier alpha value is -3.03. The van der Waals surface area contributed by atoms with Crippen LogP contribution in [0.25, 0.3) is 22.5 Å². The molecule has 98 valence electrons. The number of nitrogens with one attached hydrogen (secondary N) is 1. The molecule has 0 unspecified atom stereocenters. The van der Waals surface area contributed by atoms with Crippen LogP contribution < -0.4 is 5.56 Å². The fraction of sp³-hybridized carbons (Fsp3) is 0. The Morgan fingerprint density at radius 2 is 2.20 bits per heavy atom. The van der Waals surface area contributed by atoms with Crippen molar-refractivity contribution >= 4 is 16.8 Å². The van der Waals surface area contributed by atoms with Crippen molar-refractivity contribution in [1.29, 1.82) is 0 Å². The molecule has 0 aliphatic rings. The number of aromatic amines is 1. The van der Waals surface area contributed by atoms with E-state index in [0.29, 0.717) is 16.7 Å². The van der Waals surface area contributed by atoms with E-state index in [-0.39, 0.29) is 17.2 Å². The Bertz CT molecular complexity index is 998. The maximum Gasteiger partial charge on any atom is 0.286 e. The van der Waals surface area contributed by atoms with Crippen LogP contribution in [-0.4, -0.2) is 29.4 Å². The molecule has 0 atom stereocenters. The molecule has 8 heteroatoms. The molecule has 7 nitrogen and oxygen atoms in total. The molecule has 3 aromatic heterocycles. The first-order valence-electron chi connectivity index (χ1n) is 5.79. The van der Waals surface area contributed by atoms with E-state index in [1.807, 2.05) is 0 Å². The first-order chi connectivity index (χ1) is 9.74. The number of H-pyrrole nitrogens is 1. The molecule has 4 rings (SSSR count). The number of aromatic nitrogens is 6. The highest BCUT2D eigenvalue weighted by atomic mass is 19.1. The van der Waals surface area contributed by atoms with Gasteiger partial charge in [0.05, 0.1) is 11.9 Å². The van der Waals surface area contributed by atoms with Crippen molar-refractivity contribution in [2.45, 2.75) is 0 Å². The number of hydrogen-bond donors (Lipinski definition) is 1. The molecule has 0 saturated carbocycles. The van der Waals surface area contributed by atoms with Gasteiger partial charge in [0.25, 0.3) is 5.56 Å². The van der Waals surface area contributed by atoms with Crippen molar-refractivity contribution in [1.82, 2.24) is 29.4 Å². The SMILES string of the molecule is O=c1c2cn[nH]c2nc2n(-c3cccc(F)c3)cnn12. The van der Waals surface area contributed by atoms with Crippen LogP contribution in [0.4, 0.5) is 4.39 Å². The summed E-state index contributed by atoms with van der Waals surface area (Å²) in [5, 5.41) is 10.8. The second-order valence-electron chi connectivity index (χ2n) is 4.24. The number of benzene rings is 1. The van der Waals surface area contributed by atoms with Crippen LogP contribution in [0.2, 0.25) is 0 Å². The fourth-order valence-corrected chi connectivity index (χ4v) is 2.10. The lowest BCUT2D eigenvalue weighted by Crippen LogP contribution is -2.15. The lowest BCUT2D eigenvalue weighted by molar-refractivity contribution is 0.626. The number of hydrogen-bond acceptors (Lipinski definition) is 4. The maximum absolute atomic E-state index is 13.3. The van der Waals surface area contributed by atoms with Gasteiger partial charge in [0.2, 0.25) is 5.78 Å². The predicted octanol–water partition coefficient (Wildman–Crippen LogP) is 0.896. The molecule has 3 heterocycles. The third kappa shape index (κ3) is 1.38. The molecule has 0 radical (unpaired) electrons. The van der Waals surface area contributed by atoms with Gasteiger partial charge in [0, 0.05) is 0 Å². The molecule has 1 N–H and O–H groups in total. The Kier molecular flexibility index (Phi) is 2.02. The zero-order valence-electron chi connectivity index (χ0n) is 9.99. The average Bonchev–Trinajstić information content (AvgIpc) is 3.05. The quantitative estimate of drug-likeness (QED) is 0.557. The van der Waals surface area contributed by atoms with E-state index in [1.165, 1.54) is 29.2 Å². The molecule has 0 aliphatic heterocycles. The summed E-state index contributed by atoms with van der Waals surface area (Å²) in [7, 11) is 0. The average molecular weight is 270 g/mol. The first kappa shape index (κ1) is 10.9. The van der Waals surface area contributed by atoms with Gasteiger partial charge < -0.3 is 0 Å². The van der Waals surface area contributed by atoms with Gasteiger partial charge >= 0.3 is 0 Å². The van der Waals surface area contributed by atoms with Crippen LogP contribution in [0, 0.1) is 5.82 Å². The molecule has 0 spiro atoms. The van der Waals surface area contributed by atoms with Gasteiger partial charge in [-0.1, -0.05) is 6.07 Å². The third-order valence-electron chi connectivity index (χ3n) is 3.03. The van der Waals surface area contributed by atoms with E-state index in [9.17, 15) is 9.18 Å². The molecule has 4 aromatic rings. The summed E-state index contributed by atoms with van der Waals surface area (Å²) in [6, 6.07) is 5.96. The van der Waals surface area contributed by atoms with Crippen molar-refractivity contribution < 1.29 is 4.39 Å². The molecule has 0 aliphatic carbocycles. The van der Waals surface area contributed by atoms with E-state index in [4.69, 9.17) is 0 Å². The molecule has 1 aromatic carbocycles. The highest BCUT2D eigenvalue weighted by molar-refractivity contribution is 5.74. The summed E-state index contributed by atoms with van der Waals surface area (Å²) in [5.74, 6) is -0.0864. The van der Waals surface area contributed by atoms with Crippen LogP contribution in [0.15, 0.2) is 41.6 Å². The second kappa shape index (κ2) is 3.73.